The molecule has 0 spiro atoms. The highest BCUT2D eigenvalue weighted by atomic mass is 32.2. The SMILES string of the molecule is CN(c1c(F)cccc1F)S(=O)(=O)c1nc2c(F)cn(C)c(=O)n2n1. The third kappa shape index (κ3) is 2.54. The molecule has 0 amide bonds. The highest BCUT2D eigenvalue weighted by molar-refractivity contribution is 7.92. The fourth-order valence-electron chi connectivity index (χ4n) is 2.16. The van der Waals surface area contributed by atoms with Crippen LogP contribution in [0.3, 0.4) is 0 Å². The highest BCUT2D eigenvalue weighted by Gasteiger charge is 2.31. The van der Waals surface area contributed by atoms with E-state index in [9.17, 15) is 26.4 Å². The van der Waals surface area contributed by atoms with Gasteiger partial charge in [0.2, 0.25) is 0 Å². The first kappa shape index (κ1) is 17.0. The molecule has 0 fully saturated rings. The van der Waals surface area contributed by atoms with E-state index in [2.05, 4.69) is 10.1 Å². The maximum absolute atomic E-state index is 13.9. The van der Waals surface area contributed by atoms with Crippen molar-refractivity contribution in [1.29, 1.82) is 0 Å². The number of benzene rings is 1. The predicted octanol–water partition coefficient (Wildman–Crippen LogP) is 0.670. The lowest BCUT2D eigenvalue weighted by atomic mass is 10.3. The lowest BCUT2D eigenvalue weighted by Crippen LogP contribution is -2.30. The van der Waals surface area contributed by atoms with Gasteiger partial charge in [0.1, 0.15) is 5.69 Å². The van der Waals surface area contributed by atoms with Crippen molar-refractivity contribution in [3.63, 3.8) is 0 Å². The van der Waals surface area contributed by atoms with Crippen molar-refractivity contribution in [2.75, 3.05) is 11.4 Å². The lowest BCUT2D eigenvalue weighted by Gasteiger charge is -2.18. The molecule has 1 aromatic carbocycles. The number of anilines is 1. The van der Waals surface area contributed by atoms with E-state index in [1.807, 2.05) is 0 Å². The smallest absolute Gasteiger partial charge is 0.299 e. The van der Waals surface area contributed by atoms with Gasteiger partial charge < -0.3 is 0 Å². The van der Waals surface area contributed by atoms with Gasteiger partial charge in [-0.05, 0) is 12.1 Å². The number of rotatable bonds is 3. The molecule has 0 atom stereocenters. The van der Waals surface area contributed by atoms with Crippen molar-refractivity contribution < 1.29 is 21.6 Å². The Bertz CT molecular complexity index is 1140. The number of halogens is 3. The van der Waals surface area contributed by atoms with Gasteiger partial charge in [0, 0.05) is 20.3 Å². The summed E-state index contributed by atoms with van der Waals surface area (Å²) in [5, 5.41) is 2.50. The third-order valence-corrected chi connectivity index (χ3v) is 4.97. The number of aryl methyl sites for hydroxylation is 1. The van der Waals surface area contributed by atoms with Crippen molar-refractivity contribution in [1.82, 2.24) is 19.2 Å². The van der Waals surface area contributed by atoms with Crippen LogP contribution in [0.2, 0.25) is 0 Å². The normalized spacial score (nSPS) is 11.9. The average Bonchev–Trinajstić information content (AvgIpc) is 2.99. The molecule has 0 aliphatic rings. The van der Waals surface area contributed by atoms with Crippen LogP contribution in [0.4, 0.5) is 18.9 Å². The third-order valence-electron chi connectivity index (χ3n) is 3.43. The summed E-state index contributed by atoms with van der Waals surface area (Å²) >= 11 is 0. The summed E-state index contributed by atoms with van der Waals surface area (Å²) in [4.78, 5) is 15.4. The highest BCUT2D eigenvalue weighted by Crippen LogP contribution is 2.26. The van der Waals surface area contributed by atoms with Crippen molar-refractivity contribution in [2.45, 2.75) is 5.16 Å². The molecule has 0 aliphatic heterocycles. The molecule has 0 aliphatic carbocycles. The molecule has 25 heavy (non-hydrogen) atoms. The number of hydrogen-bond acceptors (Lipinski definition) is 5. The van der Waals surface area contributed by atoms with Crippen LogP contribution in [0, 0.1) is 17.5 Å². The van der Waals surface area contributed by atoms with Gasteiger partial charge in [-0.3, -0.25) is 8.87 Å². The Labute approximate surface area is 138 Å². The van der Waals surface area contributed by atoms with Gasteiger partial charge in [0.05, 0.1) is 0 Å². The van der Waals surface area contributed by atoms with E-state index in [-0.39, 0.29) is 4.31 Å². The van der Waals surface area contributed by atoms with Crippen LogP contribution in [0.5, 0.6) is 0 Å². The molecular formula is C13H10F3N5O3S. The Morgan fingerprint density at radius 3 is 2.32 bits per heavy atom. The lowest BCUT2D eigenvalue weighted by molar-refractivity contribution is 0.566. The Morgan fingerprint density at radius 1 is 1.12 bits per heavy atom. The van der Waals surface area contributed by atoms with E-state index < -0.39 is 49.7 Å². The van der Waals surface area contributed by atoms with E-state index in [0.29, 0.717) is 4.52 Å². The summed E-state index contributed by atoms with van der Waals surface area (Å²) in [5.41, 5.74) is -2.32. The molecule has 8 nitrogen and oxygen atoms in total. The second kappa shape index (κ2) is 5.58. The number of para-hydroxylation sites is 1. The van der Waals surface area contributed by atoms with E-state index >= 15 is 0 Å². The average molecular weight is 373 g/mol. The minimum atomic E-state index is -4.65. The zero-order valence-electron chi connectivity index (χ0n) is 12.8. The zero-order valence-corrected chi connectivity index (χ0v) is 13.6. The van der Waals surface area contributed by atoms with Crippen molar-refractivity contribution in [3.8, 4) is 0 Å². The number of sulfonamides is 1. The van der Waals surface area contributed by atoms with Crippen LogP contribution in [0.15, 0.2) is 34.3 Å². The first-order chi connectivity index (χ1) is 11.6. The molecule has 2 heterocycles. The predicted molar refractivity (Wildman–Crippen MR) is 80.1 cm³/mol. The van der Waals surface area contributed by atoms with Crippen molar-refractivity contribution >= 4 is 21.4 Å². The van der Waals surface area contributed by atoms with Gasteiger partial charge in [0.15, 0.2) is 23.1 Å². The Kier molecular flexibility index (Phi) is 3.78. The van der Waals surface area contributed by atoms with E-state index in [0.717, 1.165) is 36.0 Å². The minimum absolute atomic E-state index is 0.287. The first-order valence-corrected chi connectivity index (χ1v) is 8.13. The topological polar surface area (TPSA) is 89.6 Å². The summed E-state index contributed by atoms with van der Waals surface area (Å²) in [7, 11) is -2.53. The van der Waals surface area contributed by atoms with Gasteiger partial charge in [-0.2, -0.15) is 17.9 Å². The second-order valence-corrected chi connectivity index (χ2v) is 6.91. The maximum atomic E-state index is 13.9. The molecule has 3 aromatic rings. The zero-order chi connectivity index (χ0) is 18.5. The van der Waals surface area contributed by atoms with Crippen LogP contribution in [0.25, 0.3) is 5.65 Å². The molecule has 0 unspecified atom stereocenters. The summed E-state index contributed by atoms with van der Waals surface area (Å²) < 4.78 is 68.2. The molecule has 3 rings (SSSR count). The van der Waals surface area contributed by atoms with Gasteiger partial charge in [-0.1, -0.05) is 6.07 Å². The first-order valence-electron chi connectivity index (χ1n) is 6.69. The van der Waals surface area contributed by atoms with Crippen LogP contribution >= 0.6 is 0 Å². The van der Waals surface area contributed by atoms with Gasteiger partial charge in [-0.15, -0.1) is 5.10 Å². The quantitative estimate of drug-likeness (QED) is 0.673. The Balaban J connectivity index is 2.21. The minimum Gasteiger partial charge on any atom is -0.299 e. The number of hydrogen-bond donors (Lipinski definition) is 0. The molecule has 12 heteroatoms. The summed E-state index contributed by atoms with van der Waals surface area (Å²) in [6.07, 6.45) is 0.809. The summed E-state index contributed by atoms with van der Waals surface area (Å²) in [6, 6.07) is 2.81. The number of fused-ring (bicyclic) bond motifs is 1. The molecular weight excluding hydrogens is 363 g/mol. The van der Waals surface area contributed by atoms with E-state index in [1.54, 1.807) is 0 Å². The fraction of sp³-hybridized carbons (Fsp3) is 0.154. The summed E-state index contributed by atoms with van der Waals surface area (Å²) in [5.74, 6) is -3.25. The number of aromatic nitrogens is 4. The standard InChI is InChI=1S/C13H10F3N5O3S/c1-19-6-9(16)11-17-12(18-21(11)13(19)22)25(23,24)20(2)10-7(14)4-3-5-8(10)15/h3-6H,1-2H3. The monoisotopic (exact) mass is 373 g/mol. The van der Waals surface area contributed by atoms with E-state index in [1.165, 1.54) is 7.05 Å². The largest absolute Gasteiger partial charge is 0.350 e. The van der Waals surface area contributed by atoms with Crippen molar-refractivity contribution in [3.05, 3.63) is 52.3 Å². The summed E-state index contributed by atoms with van der Waals surface area (Å²) in [6.45, 7) is 0. The Hall–Kier alpha value is -2.89. The van der Waals surface area contributed by atoms with E-state index in [4.69, 9.17) is 0 Å². The van der Waals surface area contributed by atoms with Crippen LogP contribution in [0.1, 0.15) is 0 Å². The van der Waals surface area contributed by atoms with Gasteiger partial charge >= 0.3 is 15.7 Å². The van der Waals surface area contributed by atoms with Crippen LogP contribution in [-0.2, 0) is 17.1 Å². The van der Waals surface area contributed by atoms with Crippen LogP contribution < -0.4 is 9.99 Å². The molecule has 0 radical (unpaired) electrons. The molecule has 2 aromatic heterocycles. The Morgan fingerprint density at radius 2 is 1.72 bits per heavy atom. The number of nitrogens with zero attached hydrogens (tertiary/aromatic N) is 5. The molecule has 0 saturated heterocycles. The van der Waals surface area contributed by atoms with Crippen molar-refractivity contribution in [2.24, 2.45) is 7.05 Å². The van der Waals surface area contributed by atoms with Crippen LogP contribution in [-0.4, -0.2) is 34.6 Å². The molecule has 0 N–H and O–H groups in total. The van der Waals surface area contributed by atoms with Gasteiger partial charge in [-0.25, -0.2) is 18.0 Å². The molecule has 132 valence electrons. The second-order valence-electron chi connectivity index (χ2n) is 5.04. The molecule has 0 saturated carbocycles. The fourth-order valence-corrected chi connectivity index (χ4v) is 3.20. The van der Waals surface area contributed by atoms with Gasteiger partial charge in [0.25, 0.3) is 5.16 Å². The molecule has 0 bridgehead atoms. The maximum Gasteiger partial charge on any atom is 0.350 e.